The first-order chi connectivity index (χ1) is 3.71. The molecule has 0 saturated carbocycles. The van der Waals surface area contributed by atoms with Crippen molar-refractivity contribution >= 4 is 0 Å². The third-order valence-corrected chi connectivity index (χ3v) is 0.672. The highest BCUT2D eigenvalue weighted by Crippen LogP contribution is 2.10. The van der Waals surface area contributed by atoms with Gasteiger partial charge in [0.1, 0.15) is 0 Å². The molecule has 0 aliphatic rings. The van der Waals surface area contributed by atoms with Gasteiger partial charge >= 0.3 is 0 Å². The molecule has 0 saturated heterocycles. The Labute approximate surface area is 56.6 Å². The standard InChI is InChI=1S/C7H16FN/c1-6(2,3)9-7(4,5)8/h9H,1-5H3. The highest BCUT2D eigenvalue weighted by atomic mass is 19.1. The molecule has 0 amide bonds. The lowest BCUT2D eigenvalue weighted by Crippen LogP contribution is -2.47. The van der Waals surface area contributed by atoms with E-state index in [2.05, 4.69) is 5.32 Å². The van der Waals surface area contributed by atoms with Crippen LogP contribution < -0.4 is 5.32 Å². The van der Waals surface area contributed by atoms with E-state index in [1.807, 2.05) is 20.8 Å². The fraction of sp³-hybridized carbons (Fsp3) is 1.00. The molecule has 0 aliphatic heterocycles. The molecule has 0 radical (unpaired) electrons. The number of hydrogen-bond acceptors (Lipinski definition) is 1. The van der Waals surface area contributed by atoms with Crippen LogP contribution >= 0.6 is 0 Å². The second-order valence-electron chi connectivity index (χ2n) is 3.85. The minimum absolute atomic E-state index is 0.141. The van der Waals surface area contributed by atoms with E-state index in [0.717, 1.165) is 0 Å². The van der Waals surface area contributed by atoms with Crippen molar-refractivity contribution in [2.75, 3.05) is 0 Å². The van der Waals surface area contributed by atoms with E-state index in [-0.39, 0.29) is 5.54 Å². The van der Waals surface area contributed by atoms with Gasteiger partial charge in [-0.15, -0.1) is 0 Å². The van der Waals surface area contributed by atoms with Crippen LogP contribution in [0.3, 0.4) is 0 Å². The van der Waals surface area contributed by atoms with Gasteiger partial charge in [0.25, 0.3) is 0 Å². The second kappa shape index (κ2) is 2.25. The number of halogens is 1. The van der Waals surface area contributed by atoms with Crippen LogP contribution in [0.15, 0.2) is 0 Å². The molecule has 0 heterocycles. The van der Waals surface area contributed by atoms with Crippen LogP contribution in [0.4, 0.5) is 4.39 Å². The maximum atomic E-state index is 12.8. The Kier molecular flexibility index (Phi) is 2.23. The summed E-state index contributed by atoms with van der Waals surface area (Å²) in [4.78, 5) is 0. The van der Waals surface area contributed by atoms with Crippen LogP contribution in [0, 0.1) is 0 Å². The van der Waals surface area contributed by atoms with E-state index in [1.54, 1.807) is 0 Å². The molecular weight excluding hydrogens is 117 g/mol. The fourth-order valence-corrected chi connectivity index (χ4v) is 0.892. The maximum absolute atomic E-state index is 12.8. The van der Waals surface area contributed by atoms with Crippen molar-refractivity contribution in [3.05, 3.63) is 0 Å². The van der Waals surface area contributed by atoms with Crippen LogP contribution in [0.2, 0.25) is 0 Å². The first kappa shape index (κ1) is 8.89. The Morgan fingerprint density at radius 3 is 1.33 bits per heavy atom. The van der Waals surface area contributed by atoms with Crippen LogP contribution in [-0.4, -0.2) is 11.3 Å². The molecule has 1 N–H and O–H groups in total. The monoisotopic (exact) mass is 133 g/mol. The number of hydrogen-bond donors (Lipinski definition) is 1. The predicted molar refractivity (Wildman–Crippen MR) is 38.1 cm³/mol. The van der Waals surface area contributed by atoms with Gasteiger partial charge in [-0.05, 0) is 34.6 Å². The van der Waals surface area contributed by atoms with Gasteiger partial charge in [0.15, 0.2) is 5.79 Å². The molecule has 0 aromatic heterocycles. The van der Waals surface area contributed by atoms with Gasteiger partial charge in [0.2, 0.25) is 0 Å². The molecule has 0 aliphatic carbocycles. The zero-order valence-corrected chi connectivity index (χ0v) is 6.88. The molecule has 2 heteroatoms. The lowest BCUT2D eigenvalue weighted by Gasteiger charge is -2.28. The van der Waals surface area contributed by atoms with Crippen LogP contribution in [-0.2, 0) is 0 Å². The molecule has 0 aromatic carbocycles. The Balaban J connectivity index is 3.75. The largest absolute Gasteiger partial charge is 0.281 e. The van der Waals surface area contributed by atoms with E-state index < -0.39 is 5.79 Å². The highest BCUT2D eigenvalue weighted by molar-refractivity contribution is 4.76. The normalized spacial score (nSPS) is 14.0. The molecule has 0 rings (SSSR count). The van der Waals surface area contributed by atoms with E-state index in [1.165, 1.54) is 13.8 Å². The average Bonchev–Trinajstić information content (AvgIpc) is 1.14. The fourth-order valence-electron chi connectivity index (χ4n) is 0.892. The number of rotatable bonds is 1. The quantitative estimate of drug-likeness (QED) is 0.540. The molecule has 0 atom stereocenters. The minimum Gasteiger partial charge on any atom is -0.281 e. The summed E-state index contributed by atoms with van der Waals surface area (Å²) in [6, 6.07) is 0. The summed E-state index contributed by atoms with van der Waals surface area (Å²) < 4.78 is 12.8. The van der Waals surface area contributed by atoms with Crippen LogP contribution in [0.25, 0.3) is 0 Å². The molecule has 9 heavy (non-hydrogen) atoms. The Hall–Kier alpha value is -0.110. The Bertz CT molecular complexity index is 74.1. The Morgan fingerprint density at radius 1 is 1.00 bits per heavy atom. The van der Waals surface area contributed by atoms with Gasteiger partial charge in [-0.2, -0.15) is 0 Å². The van der Waals surface area contributed by atoms with Crippen molar-refractivity contribution in [1.82, 2.24) is 5.32 Å². The van der Waals surface area contributed by atoms with Crippen molar-refractivity contribution in [3.63, 3.8) is 0 Å². The highest BCUT2D eigenvalue weighted by Gasteiger charge is 2.21. The van der Waals surface area contributed by atoms with E-state index in [9.17, 15) is 4.39 Å². The van der Waals surface area contributed by atoms with Crippen molar-refractivity contribution in [2.24, 2.45) is 0 Å². The van der Waals surface area contributed by atoms with Gasteiger partial charge in [0.05, 0.1) is 0 Å². The first-order valence-electron chi connectivity index (χ1n) is 3.19. The molecule has 1 nitrogen and oxygen atoms in total. The predicted octanol–water partition coefficient (Wildman–Crippen LogP) is 2.08. The summed E-state index contributed by atoms with van der Waals surface area (Å²) >= 11 is 0. The van der Waals surface area contributed by atoms with Crippen molar-refractivity contribution < 1.29 is 4.39 Å². The summed E-state index contributed by atoms with van der Waals surface area (Å²) in [5, 5.41) is 2.79. The summed E-state index contributed by atoms with van der Waals surface area (Å²) in [6.45, 7) is 8.84. The summed E-state index contributed by atoms with van der Waals surface area (Å²) in [7, 11) is 0. The topological polar surface area (TPSA) is 12.0 Å². The van der Waals surface area contributed by atoms with Gasteiger partial charge in [-0.25, -0.2) is 4.39 Å². The molecule has 0 bridgehead atoms. The first-order valence-corrected chi connectivity index (χ1v) is 3.19. The van der Waals surface area contributed by atoms with E-state index >= 15 is 0 Å². The molecule has 0 aromatic rings. The average molecular weight is 133 g/mol. The van der Waals surface area contributed by atoms with Crippen molar-refractivity contribution in [3.8, 4) is 0 Å². The van der Waals surface area contributed by atoms with Crippen LogP contribution in [0.5, 0.6) is 0 Å². The second-order valence-corrected chi connectivity index (χ2v) is 3.85. The summed E-state index contributed by atoms with van der Waals surface area (Å²) in [6.07, 6.45) is 0. The maximum Gasteiger partial charge on any atom is 0.156 e. The summed E-state index contributed by atoms with van der Waals surface area (Å²) in [5.41, 5.74) is -0.141. The zero-order chi connectivity index (χ0) is 7.71. The smallest absolute Gasteiger partial charge is 0.156 e. The number of nitrogens with one attached hydrogen (secondary N) is 1. The van der Waals surface area contributed by atoms with Gasteiger partial charge in [0, 0.05) is 5.54 Å². The number of alkyl halides is 1. The van der Waals surface area contributed by atoms with Crippen molar-refractivity contribution in [2.45, 2.75) is 46.0 Å². The molecule has 0 fully saturated rings. The summed E-state index contributed by atoms with van der Waals surface area (Å²) in [5.74, 6) is -1.27. The van der Waals surface area contributed by atoms with Crippen LogP contribution in [0.1, 0.15) is 34.6 Å². The van der Waals surface area contributed by atoms with Gasteiger partial charge < -0.3 is 0 Å². The minimum atomic E-state index is -1.27. The lowest BCUT2D eigenvalue weighted by molar-refractivity contribution is 0.121. The molecule has 56 valence electrons. The Morgan fingerprint density at radius 2 is 1.33 bits per heavy atom. The SMILES string of the molecule is CC(C)(C)NC(C)(C)F. The third kappa shape index (κ3) is 7.89. The lowest BCUT2D eigenvalue weighted by atomic mass is 10.1. The van der Waals surface area contributed by atoms with Gasteiger partial charge in [-0.1, -0.05) is 0 Å². The molecule has 0 unspecified atom stereocenters. The van der Waals surface area contributed by atoms with Crippen molar-refractivity contribution in [1.29, 1.82) is 0 Å². The molecule has 0 spiro atoms. The third-order valence-electron chi connectivity index (χ3n) is 0.672. The van der Waals surface area contributed by atoms with Gasteiger partial charge in [-0.3, -0.25) is 5.32 Å². The molecular formula is C7H16FN. The zero-order valence-electron chi connectivity index (χ0n) is 6.88. The van der Waals surface area contributed by atoms with E-state index in [4.69, 9.17) is 0 Å². The van der Waals surface area contributed by atoms with E-state index in [0.29, 0.717) is 0 Å².